The molecular weight excluding hydrogens is 316 g/mol. The summed E-state index contributed by atoms with van der Waals surface area (Å²) in [6.45, 7) is 1.95. The molecule has 1 aliphatic heterocycles. The van der Waals surface area contributed by atoms with E-state index in [0.717, 1.165) is 38.8 Å². The first-order valence-corrected chi connectivity index (χ1v) is 8.86. The fraction of sp³-hybridized carbons (Fsp3) is 0.421. The molecule has 1 saturated heterocycles. The molecule has 0 radical (unpaired) electrons. The highest BCUT2D eigenvalue weighted by molar-refractivity contribution is 5.92. The highest BCUT2D eigenvalue weighted by Gasteiger charge is 2.31. The van der Waals surface area contributed by atoms with E-state index in [-0.39, 0.29) is 23.2 Å². The minimum Gasteiger partial charge on any atom is -0.347 e. The van der Waals surface area contributed by atoms with Crippen molar-refractivity contribution in [2.75, 3.05) is 13.1 Å². The van der Waals surface area contributed by atoms with Crippen molar-refractivity contribution in [2.45, 2.75) is 37.8 Å². The summed E-state index contributed by atoms with van der Waals surface area (Å²) in [6.07, 6.45) is 4.25. The van der Waals surface area contributed by atoms with E-state index in [1.807, 2.05) is 0 Å². The third kappa shape index (κ3) is 3.49. The van der Waals surface area contributed by atoms with E-state index in [1.165, 1.54) is 23.3 Å². The standard InChI is InChI=1S/C19H22N4O2/c24-18-8-7-17(21-22-18)19(25)20-15-6-3-9-23(12-15)16-10-13-4-1-2-5-14(13)11-16/h1-2,4-5,7-8,15-16H,3,6,9-12H2,(H,20,25)(H,22,24)/t15-/m0/s1. The van der Waals surface area contributed by atoms with Crippen LogP contribution < -0.4 is 10.9 Å². The normalized spacial score (nSPS) is 21.0. The van der Waals surface area contributed by atoms with Crippen molar-refractivity contribution < 1.29 is 4.79 Å². The molecule has 2 aromatic rings. The average molecular weight is 338 g/mol. The molecule has 2 N–H and O–H groups in total. The lowest BCUT2D eigenvalue weighted by Crippen LogP contribution is -2.51. The highest BCUT2D eigenvalue weighted by Crippen LogP contribution is 2.27. The van der Waals surface area contributed by atoms with Gasteiger partial charge in [-0.1, -0.05) is 24.3 Å². The molecule has 2 heterocycles. The van der Waals surface area contributed by atoms with Crippen molar-refractivity contribution >= 4 is 5.91 Å². The molecule has 0 saturated carbocycles. The Morgan fingerprint density at radius 2 is 1.92 bits per heavy atom. The van der Waals surface area contributed by atoms with Crippen LogP contribution in [0, 0.1) is 0 Å². The van der Waals surface area contributed by atoms with E-state index in [1.54, 1.807) is 0 Å². The van der Waals surface area contributed by atoms with Gasteiger partial charge in [0.05, 0.1) is 0 Å². The van der Waals surface area contributed by atoms with Gasteiger partial charge in [-0.05, 0) is 49.4 Å². The van der Waals surface area contributed by atoms with Crippen LogP contribution in [0.3, 0.4) is 0 Å². The minimum absolute atomic E-state index is 0.124. The number of hydrogen-bond donors (Lipinski definition) is 2. The van der Waals surface area contributed by atoms with E-state index < -0.39 is 0 Å². The molecule has 0 unspecified atom stereocenters. The fourth-order valence-electron chi connectivity index (χ4n) is 3.98. The SMILES string of the molecule is O=C(N[C@H]1CCCN(C2Cc3ccccc3C2)C1)c1ccc(=O)[nH]n1. The number of amides is 1. The van der Waals surface area contributed by atoms with Crippen molar-refractivity contribution in [1.82, 2.24) is 20.4 Å². The van der Waals surface area contributed by atoms with Crippen LogP contribution in [0.5, 0.6) is 0 Å². The number of nitrogens with zero attached hydrogens (tertiary/aromatic N) is 2. The van der Waals surface area contributed by atoms with Crippen molar-refractivity contribution in [1.29, 1.82) is 0 Å². The Morgan fingerprint density at radius 3 is 2.60 bits per heavy atom. The smallest absolute Gasteiger partial charge is 0.271 e. The first-order valence-electron chi connectivity index (χ1n) is 8.86. The largest absolute Gasteiger partial charge is 0.347 e. The molecule has 6 heteroatoms. The zero-order valence-electron chi connectivity index (χ0n) is 14.1. The van der Waals surface area contributed by atoms with E-state index in [2.05, 4.69) is 44.7 Å². The zero-order chi connectivity index (χ0) is 17.2. The Labute approximate surface area is 146 Å². The summed E-state index contributed by atoms with van der Waals surface area (Å²) < 4.78 is 0. The van der Waals surface area contributed by atoms with Crippen LogP contribution in [0.2, 0.25) is 0 Å². The average Bonchev–Trinajstić information content (AvgIpc) is 3.07. The number of nitrogens with one attached hydrogen (secondary N) is 2. The van der Waals surface area contributed by atoms with Crippen LogP contribution in [0.15, 0.2) is 41.2 Å². The summed E-state index contributed by atoms with van der Waals surface area (Å²) >= 11 is 0. The maximum Gasteiger partial charge on any atom is 0.271 e. The predicted octanol–water partition coefficient (Wildman–Crippen LogP) is 1.13. The van der Waals surface area contributed by atoms with Crippen molar-refractivity contribution in [3.8, 4) is 0 Å². The molecule has 1 aliphatic carbocycles. The third-order valence-corrected chi connectivity index (χ3v) is 5.25. The van der Waals surface area contributed by atoms with Crippen LogP contribution in [0.25, 0.3) is 0 Å². The molecule has 1 amide bonds. The van der Waals surface area contributed by atoms with Crippen molar-refractivity contribution in [2.24, 2.45) is 0 Å². The summed E-state index contributed by atoms with van der Waals surface area (Å²) in [7, 11) is 0. The van der Waals surface area contributed by atoms with E-state index in [4.69, 9.17) is 0 Å². The van der Waals surface area contributed by atoms with Gasteiger partial charge in [0, 0.05) is 24.7 Å². The Hall–Kier alpha value is -2.47. The summed E-state index contributed by atoms with van der Waals surface area (Å²) in [5.74, 6) is -0.224. The number of likely N-dealkylation sites (tertiary alicyclic amines) is 1. The van der Waals surface area contributed by atoms with Gasteiger partial charge in [0.25, 0.3) is 11.5 Å². The van der Waals surface area contributed by atoms with Gasteiger partial charge >= 0.3 is 0 Å². The van der Waals surface area contributed by atoms with E-state index >= 15 is 0 Å². The van der Waals surface area contributed by atoms with E-state index in [0.29, 0.717) is 6.04 Å². The van der Waals surface area contributed by atoms with Gasteiger partial charge in [-0.15, -0.1) is 0 Å². The van der Waals surface area contributed by atoms with Gasteiger partial charge in [-0.3, -0.25) is 14.5 Å². The van der Waals surface area contributed by atoms with Gasteiger partial charge in [-0.25, -0.2) is 5.10 Å². The van der Waals surface area contributed by atoms with Gasteiger partial charge in [0.15, 0.2) is 0 Å². The molecule has 25 heavy (non-hydrogen) atoms. The summed E-state index contributed by atoms with van der Waals surface area (Å²) in [5.41, 5.74) is 2.86. The van der Waals surface area contributed by atoms with Gasteiger partial charge in [-0.2, -0.15) is 5.10 Å². The minimum atomic E-state index is -0.304. The zero-order valence-corrected chi connectivity index (χ0v) is 14.1. The topological polar surface area (TPSA) is 78.1 Å². The molecule has 1 atom stereocenters. The fourth-order valence-corrected chi connectivity index (χ4v) is 3.98. The summed E-state index contributed by atoms with van der Waals surface area (Å²) in [5, 5.41) is 9.17. The second kappa shape index (κ2) is 6.80. The number of H-pyrrole nitrogens is 1. The first-order chi connectivity index (χ1) is 12.2. The van der Waals surface area contributed by atoms with Crippen LogP contribution >= 0.6 is 0 Å². The van der Waals surface area contributed by atoms with Crippen molar-refractivity contribution in [3.05, 3.63) is 63.6 Å². The molecule has 130 valence electrons. The quantitative estimate of drug-likeness (QED) is 0.879. The highest BCUT2D eigenvalue weighted by atomic mass is 16.2. The molecule has 6 nitrogen and oxygen atoms in total. The number of carbonyl (C=O) groups is 1. The number of hydrogen-bond acceptors (Lipinski definition) is 4. The lowest BCUT2D eigenvalue weighted by Gasteiger charge is -2.37. The second-order valence-electron chi connectivity index (χ2n) is 6.94. The van der Waals surface area contributed by atoms with Gasteiger partial charge in [0.1, 0.15) is 5.69 Å². The molecular formula is C19H22N4O2. The predicted molar refractivity (Wildman–Crippen MR) is 94.6 cm³/mol. The Kier molecular flexibility index (Phi) is 4.36. The molecule has 0 spiro atoms. The molecule has 1 aromatic heterocycles. The van der Waals surface area contributed by atoms with Crippen LogP contribution in [0.1, 0.15) is 34.5 Å². The Morgan fingerprint density at radius 1 is 1.16 bits per heavy atom. The van der Waals surface area contributed by atoms with Crippen LogP contribution in [0.4, 0.5) is 0 Å². The summed E-state index contributed by atoms with van der Waals surface area (Å²) in [6, 6.07) is 12.1. The summed E-state index contributed by atoms with van der Waals surface area (Å²) in [4.78, 5) is 25.9. The van der Waals surface area contributed by atoms with Crippen molar-refractivity contribution in [3.63, 3.8) is 0 Å². The number of aromatic amines is 1. The van der Waals surface area contributed by atoms with Crippen LogP contribution in [-0.4, -0.2) is 46.2 Å². The van der Waals surface area contributed by atoms with E-state index in [9.17, 15) is 9.59 Å². The third-order valence-electron chi connectivity index (χ3n) is 5.25. The Bertz CT molecular complexity index is 787. The monoisotopic (exact) mass is 338 g/mol. The lowest BCUT2D eigenvalue weighted by atomic mass is 10.0. The van der Waals surface area contributed by atoms with Gasteiger partial charge < -0.3 is 5.32 Å². The maximum atomic E-state index is 12.3. The van der Waals surface area contributed by atoms with Crippen LogP contribution in [-0.2, 0) is 12.8 Å². The Balaban J connectivity index is 1.38. The number of carbonyl (C=O) groups excluding carboxylic acids is 1. The first kappa shape index (κ1) is 16.0. The number of aromatic nitrogens is 2. The number of rotatable bonds is 3. The molecule has 1 aromatic carbocycles. The molecule has 1 fully saturated rings. The molecule has 0 bridgehead atoms. The number of piperidine rings is 1. The van der Waals surface area contributed by atoms with Gasteiger partial charge in [0.2, 0.25) is 0 Å². The maximum absolute atomic E-state index is 12.3. The number of fused-ring (bicyclic) bond motifs is 1. The number of benzene rings is 1. The lowest BCUT2D eigenvalue weighted by molar-refractivity contribution is 0.0870. The molecule has 2 aliphatic rings. The second-order valence-corrected chi connectivity index (χ2v) is 6.94. The molecule has 4 rings (SSSR count).